The average Bonchev–Trinajstić information content (AvgIpc) is 2.79. The molecule has 176 valence electrons. The minimum absolute atomic E-state index is 0.0497. The van der Waals surface area contributed by atoms with Gasteiger partial charge in [-0.2, -0.15) is 18.4 Å². The standard InChI is InChI=1S/C24H33F3N4O/c25-24(26,27)21-5-1-2-6-22(21)31-17-15-30(16-18-31)14-12-19-8-10-20(11-9-19)29-23(32)7-3-4-13-28/h1-2,5-6,19-20H,3-4,7-12,14-18H2,(H,29,32). The van der Waals surface area contributed by atoms with Crippen LogP contribution in [0.3, 0.4) is 0 Å². The molecule has 3 rings (SSSR count). The van der Waals surface area contributed by atoms with E-state index in [1.807, 2.05) is 4.90 Å². The number of para-hydroxylation sites is 1. The number of hydrogen-bond acceptors (Lipinski definition) is 4. The Morgan fingerprint density at radius 1 is 1.09 bits per heavy atom. The van der Waals surface area contributed by atoms with Crippen molar-refractivity contribution in [1.29, 1.82) is 5.26 Å². The highest BCUT2D eigenvalue weighted by molar-refractivity contribution is 5.76. The number of nitrogens with one attached hydrogen (secondary N) is 1. The lowest BCUT2D eigenvalue weighted by Crippen LogP contribution is -2.47. The second-order valence-electron chi connectivity index (χ2n) is 8.93. The predicted molar refractivity (Wildman–Crippen MR) is 118 cm³/mol. The fourth-order valence-corrected chi connectivity index (χ4v) is 4.79. The van der Waals surface area contributed by atoms with Crippen molar-refractivity contribution in [3.05, 3.63) is 29.8 Å². The molecular formula is C24H33F3N4O. The molecule has 0 spiro atoms. The van der Waals surface area contributed by atoms with Gasteiger partial charge in [-0.1, -0.05) is 12.1 Å². The zero-order valence-corrected chi connectivity index (χ0v) is 18.5. The number of hydrogen-bond donors (Lipinski definition) is 1. The van der Waals surface area contributed by atoms with Gasteiger partial charge in [0.15, 0.2) is 0 Å². The van der Waals surface area contributed by atoms with E-state index < -0.39 is 11.7 Å². The van der Waals surface area contributed by atoms with Gasteiger partial charge in [-0.3, -0.25) is 9.69 Å². The third-order valence-electron chi connectivity index (χ3n) is 6.68. The molecule has 1 saturated heterocycles. The van der Waals surface area contributed by atoms with E-state index in [1.54, 1.807) is 12.1 Å². The number of rotatable bonds is 8. The Kier molecular flexibility index (Phi) is 8.80. The van der Waals surface area contributed by atoms with E-state index in [1.165, 1.54) is 6.07 Å². The largest absolute Gasteiger partial charge is 0.418 e. The maximum Gasteiger partial charge on any atom is 0.418 e. The van der Waals surface area contributed by atoms with Crippen LogP contribution in [-0.2, 0) is 11.0 Å². The Bertz CT molecular complexity index is 776. The highest BCUT2D eigenvalue weighted by Gasteiger charge is 2.35. The van der Waals surface area contributed by atoms with E-state index in [9.17, 15) is 18.0 Å². The number of anilines is 1. The molecule has 1 aromatic carbocycles. The Labute approximate surface area is 188 Å². The second kappa shape index (κ2) is 11.6. The fraction of sp³-hybridized carbons (Fsp3) is 0.667. The van der Waals surface area contributed by atoms with Crippen LogP contribution in [0.1, 0.15) is 56.9 Å². The summed E-state index contributed by atoms with van der Waals surface area (Å²) in [7, 11) is 0. The van der Waals surface area contributed by atoms with E-state index in [4.69, 9.17) is 5.26 Å². The Morgan fingerprint density at radius 3 is 2.44 bits per heavy atom. The summed E-state index contributed by atoms with van der Waals surface area (Å²) in [4.78, 5) is 16.1. The van der Waals surface area contributed by atoms with Crippen molar-refractivity contribution in [2.45, 2.75) is 63.6 Å². The quantitative estimate of drug-likeness (QED) is 0.589. The molecule has 1 N–H and O–H groups in total. The number of benzene rings is 1. The lowest BCUT2D eigenvalue weighted by molar-refractivity contribution is -0.137. The highest BCUT2D eigenvalue weighted by atomic mass is 19.4. The molecular weight excluding hydrogens is 417 g/mol. The van der Waals surface area contributed by atoms with Crippen molar-refractivity contribution in [2.75, 3.05) is 37.6 Å². The molecule has 0 radical (unpaired) electrons. The first-order valence-electron chi connectivity index (χ1n) is 11.7. The molecule has 0 atom stereocenters. The molecule has 0 bridgehead atoms. The summed E-state index contributed by atoms with van der Waals surface area (Å²) in [6, 6.07) is 8.15. The van der Waals surface area contributed by atoms with Gasteiger partial charge in [0.25, 0.3) is 0 Å². The SMILES string of the molecule is N#CCCCC(=O)NC1CCC(CCN2CCN(c3ccccc3C(F)(F)F)CC2)CC1. The van der Waals surface area contributed by atoms with Crippen LogP contribution in [-0.4, -0.2) is 49.6 Å². The number of nitriles is 1. The van der Waals surface area contributed by atoms with Crippen molar-refractivity contribution in [2.24, 2.45) is 5.92 Å². The molecule has 1 heterocycles. The Balaban J connectivity index is 1.35. The molecule has 1 amide bonds. The third kappa shape index (κ3) is 7.13. The summed E-state index contributed by atoms with van der Waals surface area (Å²) >= 11 is 0. The molecule has 2 fully saturated rings. The normalized spacial score (nSPS) is 22.4. The Hall–Kier alpha value is -2.27. The molecule has 1 aliphatic carbocycles. The van der Waals surface area contributed by atoms with Crippen LogP contribution in [0, 0.1) is 17.2 Å². The second-order valence-corrected chi connectivity index (χ2v) is 8.93. The number of alkyl halides is 3. The maximum absolute atomic E-state index is 13.3. The van der Waals surface area contributed by atoms with E-state index in [0.717, 1.165) is 57.8 Å². The van der Waals surface area contributed by atoms with Gasteiger partial charge < -0.3 is 10.2 Å². The van der Waals surface area contributed by atoms with Crippen LogP contribution in [0.2, 0.25) is 0 Å². The van der Waals surface area contributed by atoms with Gasteiger partial charge >= 0.3 is 6.18 Å². The molecule has 8 heteroatoms. The number of amides is 1. The first kappa shape index (κ1) is 24.4. The zero-order valence-electron chi connectivity index (χ0n) is 18.5. The first-order valence-corrected chi connectivity index (χ1v) is 11.7. The average molecular weight is 451 g/mol. The molecule has 0 unspecified atom stereocenters. The number of carbonyl (C=O) groups excluding carboxylic acids is 1. The molecule has 32 heavy (non-hydrogen) atoms. The van der Waals surface area contributed by atoms with Gasteiger partial charge in [0.1, 0.15) is 0 Å². The fourth-order valence-electron chi connectivity index (χ4n) is 4.79. The van der Waals surface area contributed by atoms with Gasteiger partial charge in [0, 0.05) is 50.7 Å². The minimum atomic E-state index is -4.33. The third-order valence-corrected chi connectivity index (χ3v) is 6.68. The van der Waals surface area contributed by atoms with Gasteiger partial charge in [0.05, 0.1) is 11.6 Å². The van der Waals surface area contributed by atoms with Crippen LogP contribution in [0.25, 0.3) is 0 Å². The van der Waals surface area contributed by atoms with Crippen molar-refractivity contribution in [3.8, 4) is 6.07 Å². The lowest BCUT2D eigenvalue weighted by Gasteiger charge is -2.38. The number of halogens is 3. The van der Waals surface area contributed by atoms with E-state index in [0.29, 0.717) is 38.3 Å². The van der Waals surface area contributed by atoms with Crippen LogP contribution in [0.4, 0.5) is 18.9 Å². The monoisotopic (exact) mass is 450 g/mol. The first-order chi connectivity index (χ1) is 15.4. The van der Waals surface area contributed by atoms with Gasteiger partial charge in [-0.05, 0) is 63.1 Å². The number of nitrogens with zero attached hydrogens (tertiary/aromatic N) is 3. The van der Waals surface area contributed by atoms with E-state index >= 15 is 0 Å². The van der Waals surface area contributed by atoms with E-state index in [-0.39, 0.29) is 17.6 Å². The van der Waals surface area contributed by atoms with Crippen molar-refractivity contribution < 1.29 is 18.0 Å². The van der Waals surface area contributed by atoms with Crippen molar-refractivity contribution in [1.82, 2.24) is 10.2 Å². The summed E-state index contributed by atoms with van der Waals surface area (Å²) in [6.45, 7) is 3.75. The molecule has 5 nitrogen and oxygen atoms in total. The van der Waals surface area contributed by atoms with Crippen LogP contribution < -0.4 is 10.2 Å². The molecule has 1 aliphatic heterocycles. The predicted octanol–water partition coefficient (Wildman–Crippen LogP) is 4.59. The molecule has 0 aromatic heterocycles. The minimum Gasteiger partial charge on any atom is -0.368 e. The van der Waals surface area contributed by atoms with Crippen molar-refractivity contribution >= 4 is 11.6 Å². The maximum atomic E-state index is 13.3. The van der Waals surface area contributed by atoms with Crippen LogP contribution in [0.15, 0.2) is 24.3 Å². The van der Waals surface area contributed by atoms with Crippen molar-refractivity contribution in [3.63, 3.8) is 0 Å². The van der Waals surface area contributed by atoms with Crippen LogP contribution >= 0.6 is 0 Å². The number of carbonyl (C=O) groups is 1. The molecule has 1 aromatic rings. The van der Waals surface area contributed by atoms with E-state index in [2.05, 4.69) is 16.3 Å². The Morgan fingerprint density at radius 2 is 1.78 bits per heavy atom. The molecule has 1 saturated carbocycles. The number of unbranched alkanes of at least 4 members (excludes halogenated alkanes) is 1. The lowest BCUT2D eigenvalue weighted by atomic mass is 9.84. The van der Waals surface area contributed by atoms with Gasteiger partial charge in [0.2, 0.25) is 5.91 Å². The van der Waals surface area contributed by atoms with Gasteiger partial charge in [-0.15, -0.1) is 0 Å². The molecule has 2 aliphatic rings. The highest BCUT2D eigenvalue weighted by Crippen LogP contribution is 2.36. The number of piperazine rings is 1. The van der Waals surface area contributed by atoms with Crippen LogP contribution in [0.5, 0.6) is 0 Å². The zero-order chi connectivity index (χ0) is 23.0. The summed E-state index contributed by atoms with van der Waals surface area (Å²) in [5.74, 6) is 0.694. The smallest absolute Gasteiger partial charge is 0.368 e. The topological polar surface area (TPSA) is 59.4 Å². The summed E-state index contributed by atoms with van der Waals surface area (Å²) in [5.41, 5.74) is -0.269. The summed E-state index contributed by atoms with van der Waals surface area (Å²) < 4.78 is 39.9. The summed E-state index contributed by atoms with van der Waals surface area (Å²) in [6.07, 6.45) is 2.42. The summed E-state index contributed by atoms with van der Waals surface area (Å²) in [5, 5.41) is 11.6. The van der Waals surface area contributed by atoms with Gasteiger partial charge in [-0.25, -0.2) is 0 Å².